The number of hydrogen-bond acceptors (Lipinski definition) is 4. The van der Waals surface area contributed by atoms with Gasteiger partial charge in [-0.2, -0.15) is 0 Å². The number of nitrogens with one attached hydrogen (secondary N) is 1. The van der Waals surface area contributed by atoms with Crippen molar-refractivity contribution < 1.29 is 19.1 Å². The lowest BCUT2D eigenvalue weighted by atomic mass is 10.1. The molecule has 5 nitrogen and oxygen atoms in total. The topological polar surface area (TPSA) is 64.6 Å². The quantitative estimate of drug-likeness (QED) is 0.665. The van der Waals surface area contributed by atoms with Crippen LogP contribution in [0.5, 0.6) is 5.75 Å². The summed E-state index contributed by atoms with van der Waals surface area (Å²) >= 11 is 0. The summed E-state index contributed by atoms with van der Waals surface area (Å²) in [5.74, 6) is -0.0761. The maximum atomic E-state index is 12.4. The summed E-state index contributed by atoms with van der Waals surface area (Å²) in [4.78, 5) is 24.0. The number of ether oxygens (including phenoxy) is 2. The number of carbonyl (C=O) groups is 2. The largest absolute Gasteiger partial charge is 0.489 e. The molecule has 0 spiro atoms. The lowest BCUT2D eigenvalue weighted by molar-refractivity contribution is 0.0600. The predicted octanol–water partition coefficient (Wildman–Crippen LogP) is 4.30. The molecule has 3 aromatic rings. The minimum atomic E-state index is -0.482. The van der Waals surface area contributed by atoms with E-state index >= 15 is 0 Å². The molecule has 27 heavy (non-hydrogen) atoms. The zero-order valence-corrected chi connectivity index (χ0v) is 14.8. The Morgan fingerprint density at radius 3 is 2.26 bits per heavy atom. The van der Waals surface area contributed by atoms with Crippen LogP contribution in [0.4, 0.5) is 5.69 Å². The third-order valence-electron chi connectivity index (χ3n) is 3.91. The van der Waals surface area contributed by atoms with Crippen molar-refractivity contribution in [2.24, 2.45) is 0 Å². The molecule has 0 bridgehead atoms. The molecule has 5 heteroatoms. The normalized spacial score (nSPS) is 10.1. The number of esters is 1. The van der Waals surface area contributed by atoms with Gasteiger partial charge in [-0.15, -0.1) is 0 Å². The molecule has 0 aromatic heterocycles. The van der Waals surface area contributed by atoms with Crippen LogP contribution in [0, 0.1) is 0 Å². The van der Waals surface area contributed by atoms with Gasteiger partial charge in [0.05, 0.1) is 12.7 Å². The van der Waals surface area contributed by atoms with Gasteiger partial charge in [-0.1, -0.05) is 36.4 Å². The Hall–Kier alpha value is -3.60. The summed E-state index contributed by atoms with van der Waals surface area (Å²) in [6.45, 7) is 0.479. The van der Waals surface area contributed by atoms with Crippen LogP contribution < -0.4 is 10.1 Å². The first-order valence-corrected chi connectivity index (χ1v) is 8.42. The van der Waals surface area contributed by atoms with Crippen molar-refractivity contribution in [3.05, 3.63) is 95.6 Å². The Balaban J connectivity index is 1.61. The van der Waals surface area contributed by atoms with Crippen molar-refractivity contribution in [1.29, 1.82) is 0 Å². The third-order valence-corrected chi connectivity index (χ3v) is 3.91. The monoisotopic (exact) mass is 361 g/mol. The fourth-order valence-electron chi connectivity index (χ4n) is 2.48. The van der Waals surface area contributed by atoms with Gasteiger partial charge in [0.1, 0.15) is 12.4 Å². The second-order valence-corrected chi connectivity index (χ2v) is 5.83. The van der Waals surface area contributed by atoms with Crippen molar-refractivity contribution >= 4 is 17.6 Å². The van der Waals surface area contributed by atoms with E-state index in [1.165, 1.54) is 13.2 Å². The first-order chi connectivity index (χ1) is 13.2. The smallest absolute Gasteiger partial charge is 0.337 e. The standard InChI is InChI=1S/C22H19NO4/c1-26-22(25)18-9-5-8-17(14-18)21(24)23-19-10-12-20(13-11-19)27-15-16-6-3-2-4-7-16/h2-14H,15H2,1H3,(H,23,24). The Labute approximate surface area is 157 Å². The molecule has 1 N–H and O–H groups in total. The van der Waals surface area contributed by atoms with Gasteiger partial charge in [0.25, 0.3) is 5.91 Å². The van der Waals surface area contributed by atoms with Crippen LogP contribution in [0.15, 0.2) is 78.9 Å². The lowest BCUT2D eigenvalue weighted by Gasteiger charge is -2.09. The van der Waals surface area contributed by atoms with Crippen LogP contribution in [0.1, 0.15) is 26.3 Å². The summed E-state index contributed by atoms with van der Waals surface area (Å²) in [6.07, 6.45) is 0. The van der Waals surface area contributed by atoms with Gasteiger partial charge in [0.2, 0.25) is 0 Å². The van der Waals surface area contributed by atoms with Gasteiger partial charge in [-0.25, -0.2) is 4.79 Å². The summed E-state index contributed by atoms with van der Waals surface area (Å²) in [7, 11) is 1.30. The van der Waals surface area contributed by atoms with E-state index in [9.17, 15) is 9.59 Å². The third kappa shape index (κ3) is 4.95. The van der Waals surface area contributed by atoms with Gasteiger partial charge >= 0.3 is 5.97 Å². The van der Waals surface area contributed by atoms with Gasteiger partial charge in [0, 0.05) is 11.3 Å². The molecule has 0 saturated carbocycles. The number of rotatable bonds is 6. The fourth-order valence-corrected chi connectivity index (χ4v) is 2.48. The molecule has 3 rings (SSSR count). The van der Waals surface area contributed by atoms with E-state index in [0.717, 1.165) is 5.56 Å². The van der Waals surface area contributed by atoms with Crippen LogP contribution in [-0.4, -0.2) is 19.0 Å². The molecule has 0 saturated heterocycles. The first kappa shape index (κ1) is 18.2. The molecule has 0 radical (unpaired) electrons. The van der Waals surface area contributed by atoms with E-state index in [1.807, 2.05) is 30.3 Å². The molecule has 136 valence electrons. The SMILES string of the molecule is COC(=O)c1cccc(C(=O)Nc2ccc(OCc3ccccc3)cc2)c1. The molecule has 0 aliphatic carbocycles. The van der Waals surface area contributed by atoms with E-state index in [2.05, 4.69) is 10.1 Å². The molecule has 3 aromatic carbocycles. The molecule has 0 aliphatic rings. The maximum absolute atomic E-state index is 12.4. The fraction of sp³-hybridized carbons (Fsp3) is 0.0909. The molecule has 0 aliphatic heterocycles. The second-order valence-electron chi connectivity index (χ2n) is 5.83. The minimum absolute atomic E-state index is 0.307. The molecular formula is C22H19NO4. The Bertz CT molecular complexity index is 921. The second kappa shape index (κ2) is 8.67. The van der Waals surface area contributed by atoms with Crippen molar-refractivity contribution in [1.82, 2.24) is 0 Å². The van der Waals surface area contributed by atoms with E-state index < -0.39 is 5.97 Å². The van der Waals surface area contributed by atoms with Crippen molar-refractivity contribution in [3.8, 4) is 5.75 Å². The number of anilines is 1. The zero-order valence-electron chi connectivity index (χ0n) is 14.8. The molecule has 0 unspecified atom stereocenters. The average Bonchev–Trinajstić information content (AvgIpc) is 2.73. The van der Waals surface area contributed by atoms with Crippen molar-refractivity contribution in [3.63, 3.8) is 0 Å². The van der Waals surface area contributed by atoms with Crippen molar-refractivity contribution in [2.45, 2.75) is 6.61 Å². The maximum Gasteiger partial charge on any atom is 0.337 e. The van der Waals surface area contributed by atoms with E-state index in [0.29, 0.717) is 29.2 Å². The van der Waals surface area contributed by atoms with Gasteiger partial charge < -0.3 is 14.8 Å². The number of benzene rings is 3. The van der Waals surface area contributed by atoms with Gasteiger partial charge in [-0.3, -0.25) is 4.79 Å². The first-order valence-electron chi connectivity index (χ1n) is 8.42. The Morgan fingerprint density at radius 1 is 0.852 bits per heavy atom. The van der Waals surface area contributed by atoms with Crippen molar-refractivity contribution in [2.75, 3.05) is 12.4 Å². The van der Waals surface area contributed by atoms with E-state index in [1.54, 1.807) is 42.5 Å². The van der Waals surface area contributed by atoms with Crippen LogP contribution in [0.3, 0.4) is 0 Å². The van der Waals surface area contributed by atoms with Crippen LogP contribution in [0.2, 0.25) is 0 Å². The minimum Gasteiger partial charge on any atom is -0.489 e. The Morgan fingerprint density at radius 2 is 1.56 bits per heavy atom. The average molecular weight is 361 g/mol. The van der Waals surface area contributed by atoms with Crippen LogP contribution in [0.25, 0.3) is 0 Å². The summed E-state index contributed by atoms with van der Waals surface area (Å²) in [5.41, 5.74) is 2.42. The number of hydrogen-bond donors (Lipinski definition) is 1. The van der Waals surface area contributed by atoms with Crippen LogP contribution >= 0.6 is 0 Å². The molecule has 0 heterocycles. The highest BCUT2D eigenvalue weighted by Gasteiger charge is 2.11. The summed E-state index contributed by atoms with van der Waals surface area (Å²) in [5, 5.41) is 2.80. The number of carbonyl (C=O) groups excluding carboxylic acids is 2. The lowest BCUT2D eigenvalue weighted by Crippen LogP contribution is -2.13. The van der Waals surface area contributed by atoms with E-state index in [4.69, 9.17) is 4.74 Å². The van der Waals surface area contributed by atoms with Gasteiger partial charge in [0.15, 0.2) is 0 Å². The highest BCUT2D eigenvalue weighted by Crippen LogP contribution is 2.18. The molecule has 0 atom stereocenters. The number of amides is 1. The van der Waals surface area contributed by atoms with E-state index in [-0.39, 0.29) is 5.91 Å². The summed E-state index contributed by atoms with van der Waals surface area (Å²) in [6, 6.07) is 23.4. The van der Waals surface area contributed by atoms with Crippen LogP contribution in [-0.2, 0) is 11.3 Å². The Kier molecular flexibility index (Phi) is 5.84. The molecule has 1 amide bonds. The van der Waals surface area contributed by atoms with Gasteiger partial charge in [-0.05, 0) is 48.0 Å². The highest BCUT2D eigenvalue weighted by atomic mass is 16.5. The number of methoxy groups -OCH3 is 1. The predicted molar refractivity (Wildman–Crippen MR) is 103 cm³/mol. The zero-order chi connectivity index (χ0) is 19.1. The molecule has 0 fully saturated rings. The summed E-state index contributed by atoms with van der Waals surface area (Å²) < 4.78 is 10.4. The molecular weight excluding hydrogens is 342 g/mol. The highest BCUT2D eigenvalue weighted by molar-refractivity contribution is 6.05.